The highest BCUT2D eigenvalue weighted by Gasteiger charge is 2.31. The monoisotopic (exact) mass is 646 g/mol. The third kappa shape index (κ3) is 13.9. The lowest BCUT2D eigenvalue weighted by atomic mass is 10.0. The molecule has 0 unspecified atom stereocenters. The minimum absolute atomic E-state index is 0.239. The van der Waals surface area contributed by atoms with E-state index in [2.05, 4.69) is 57.2 Å². The molecule has 0 radical (unpaired) electrons. The van der Waals surface area contributed by atoms with Crippen molar-refractivity contribution >= 4 is 46.7 Å². The highest BCUT2D eigenvalue weighted by Crippen LogP contribution is 2.29. The number of allylic oxidation sites excluding steroid dienone is 1. The van der Waals surface area contributed by atoms with E-state index in [-0.39, 0.29) is 24.5 Å². The van der Waals surface area contributed by atoms with Crippen molar-refractivity contribution in [2.75, 3.05) is 13.2 Å². The van der Waals surface area contributed by atoms with Gasteiger partial charge in [0.2, 0.25) is 0 Å². The summed E-state index contributed by atoms with van der Waals surface area (Å²) in [7, 11) is -2.64. The Morgan fingerprint density at radius 1 is 1.21 bits per heavy atom. The number of nitrogens with zero attached hydrogens (tertiary/aromatic N) is 2. The maximum absolute atomic E-state index is 13.3. The Hall–Kier alpha value is -1.14. The number of Topliss-reactive ketones (excluding diaryl/α,β-unsaturated/α-hetero) is 1. The molecule has 0 aromatic carbocycles. The van der Waals surface area contributed by atoms with Gasteiger partial charge in [-0.25, -0.2) is 13.9 Å². The first-order valence-electron chi connectivity index (χ1n) is 14.1. The highest BCUT2D eigenvalue weighted by atomic mass is 79.9. The fourth-order valence-electron chi connectivity index (χ4n) is 3.73. The van der Waals surface area contributed by atoms with E-state index in [4.69, 9.17) is 4.74 Å². The third-order valence-corrected chi connectivity index (χ3v) is 10.2. The van der Waals surface area contributed by atoms with Crippen LogP contribution in [0.2, 0.25) is 25.7 Å². The number of carbonyl (C=O) groups is 2. The molecule has 11 heteroatoms. The highest BCUT2D eigenvalue weighted by molar-refractivity contribution is 9.10. The van der Waals surface area contributed by atoms with E-state index in [0.717, 1.165) is 38.1 Å². The van der Waals surface area contributed by atoms with Crippen LogP contribution in [0.3, 0.4) is 0 Å². The topological polar surface area (TPSA) is 102 Å². The zero-order chi connectivity index (χ0) is 29.6. The molecule has 0 saturated heterocycles. The van der Waals surface area contributed by atoms with Gasteiger partial charge in [0.1, 0.15) is 12.5 Å². The minimum atomic E-state index is -1.37. The van der Waals surface area contributed by atoms with Crippen LogP contribution in [-0.2, 0) is 27.2 Å². The van der Waals surface area contributed by atoms with E-state index in [1.54, 1.807) is 0 Å². The Morgan fingerprint density at radius 3 is 2.49 bits per heavy atom. The molecular formula is C28H51BrN4O4SSi. The van der Waals surface area contributed by atoms with Gasteiger partial charge in [0.05, 0.1) is 27.5 Å². The molecule has 0 aliphatic rings. The number of rotatable bonds is 20. The largest absolute Gasteiger partial charge is 0.361 e. The summed E-state index contributed by atoms with van der Waals surface area (Å²) in [5.41, 5.74) is 0.970. The van der Waals surface area contributed by atoms with Crippen LogP contribution in [0.15, 0.2) is 17.4 Å². The molecule has 0 bridgehead atoms. The summed E-state index contributed by atoms with van der Waals surface area (Å²) in [6.45, 7) is 19.7. The van der Waals surface area contributed by atoms with Crippen molar-refractivity contribution in [2.45, 2.75) is 122 Å². The number of ether oxygens (including phenoxy) is 1. The molecule has 1 heterocycles. The van der Waals surface area contributed by atoms with Crippen molar-refractivity contribution in [2.24, 2.45) is 0 Å². The molecule has 2 atom stereocenters. The molecule has 2 N–H and O–H groups in total. The van der Waals surface area contributed by atoms with Gasteiger partial charge >= 0.3 is 0 Å². The maximum atomic E-state index is 13.3. The number of carbonyl (C=O) groups excluding carboxylic acids is 2. The van der Waals surface area contributed by atoms with Crippen LogP contribution in [-0.4, -0.2) is 51.4 Å². The molecule has 1 rings (SSSR count). The van der Waals surface area contributed by atoms with Crippen molar-refractivity contribution in [3.05, 3.63) is 28.8 Å². The van der Waals surface area contributed by atoms with Crippen LogP contribution in [0.5, 0.6) is 0 Å². The van der Waals surface area contributed by atoms with Gasteiger partial charge in [-0.3, -0.25) is 14.2 Å². The molecular weight excluding hydrogens is 596 g/mol. The summed E-state index contributed by atoms with van der Waals surface area (Å²) in [6.07, 6.45) is 7.72. The van der Waals surface area contributed by atoms with E-state index in [1.807, 2.05) is 38.3 Å². The van der Waals surface area contributed by atoms with Crippen LogP contribution in [0, 0.1) is 0 Å². The number of ketones is 1. The first kappa shape index (κ1) is 35.9. The predicted octanol–water partition coefficient (Wildman–Crippen LogP) is 6.68. The fourth-order valence-corrected chi connectivity index (χ4v) is 5.80. The third-order valence-electron chi connectivity index (χ3n) is 6.24. The Kier molecular flexibility index (Phi) is 16.2. The van der Waals surface area contributed by atoms with E-state index >= 15 is 0 Å². The van der Waals surface area contributed by atoms with Crippen molar-refractivity contribution in [3.8, 4) is 0 Å². The van der Waals surface area contributed by atoms with Gasteiger partial charge in [-0.05, 0) is 68.4 Å². The zero-order valence-corrected chi connectivity index (χ0v) is 28.6. The van der Waals surface area contributed by atoms with Gasteiger partial charge in [-0.1, -0.05) is 45.5 Å². The number of unbranched alkanes of at least 4 members (excludes halogenated alkanes) is 3. The van der Waals surface area contributed by atoms with E-state index < -0.39 is 23.8 Å². The summed E-state index contributed by atoms with van der Waals surface area (Å²) in [5, 5.41) is 2.98. The van der Waals surface area contributed by atoms with E-state index in [1.165, 1.54) is 0 Å². The van der Waals surface area contributed by atoms with Crippen LogP contribution in [0.1, 0.15) is 101 Å². The van der Waals surface area contributed by atoms with Gasteiger partial charge in [-0.15, -0.1) is 6.58 Å². The van der Waals surface area contributed by atoms with Gasteiger partial charge < -0.3 is 10.1 Å². The van der Waals surface area contributed by atoms with Crippen LogP contribution in [0.25, 0.3) is 0 Å². The average Bonchev–Trinajstić information content (AvgIpc) is 3.17. The Bertz CT molecular complexity index is 957. The molecule has 1 aromatic heterocycles. The van der Waals surface area contributed by atoms with Gasteiger partial charge in [0, 0.05) is 34.1 Å². The molecule has 8 nitrogen and oxygen atoms in total. The van der Waals surface area contributed by atoms with Crippen molar-refractivity contribution in [1.29, 1.82) is 0 Å². The van der Waals surface area contributed by atoms with Crippen molar-refractivity contribution in [3.63, 3.8) is 0 Å². The first-order chi connectivity index (χ1) is 18.2. The summed E-state index contributed by atoms with van der Waals surface area (Å²) in [6, 6.07) is 0.637. The molecule has 0 fully saturated rings. The minimum Gasteiger partial charge on any atom is -0.361 e. The number of halogens is 1. The molecule has 1 aromatic rings. The molecule has 0 spiro atoms. The Labute approximate surface area is 248 Å². The molecule has 1 amide bonds. The number of aromatic nitrogens is 2. The van der Waals surface area contributed by atoms with Crippen LogP contribution < -0.4 is 10.0 Å². The van der Waals surface area contributed by atoms with E-state index in [9.17, 15) is 13.8 Å². The van der Waals surface area contributed by atoms with Crippen molar-refractivity contribution in [1.82, 2.24) is 19.6 Å². The normalized spacial score (nSPS) is 13.7. The zero-order valence-electron chi connectivity index (χ0n) is 25.2. The molecule has 0 saturated carbocycles. The maximum Gasteiger partial charge on any atom is 0.271 e. The summed E-state index contributed by atoms with van der Waals surface area (Å²) in [4.78, 5) is 29.7. The first-order valence-corrected chi connectivity index (χ1v) is 19.8. The molecule has 39 heavy (non-hydrogen) atoms. The number of hydrogen-bond donors (Lipinski definition) is 2. The lowest BCUT2D eigenvalue weighted by molar-refractivity contribution is -0.118. The number of nitrogens with one attached hydrogen (secondary N) is 2. The number of amides is 1. The second kappa shape index (κ2) is 17.6. The molecule has 224 valence electrons. The smallest absolute Gasteiger partial charge is 0.271 e. The lowest BCUT2D eigenvalue weighted by Crippen LogP contribution is -2.37. The van der Waals surface area contributed by atoms with Gasteiger partial charge in [-0.2, -0.15) is 0 Å². The van der Waals surface area contributed by atoms with Crippen molar-refractivity contribution < 1.29 is 18.5 Å². The summed E-state index contributed by atoms with van der Waals surface area (Å²) in [5.74, 6) is 0.00360. The lowest BCUT2D eigenvalue weighted by Gasteiger charge is -2.26. The SMILES string of the molecule is C=CCCCNC(=O)c1nc(Br)n(COCC[Si](C)(C)C)c1[C@H](CCCCCC(=O)CC)N[S@](=O)C(C)(C)C. The second-order valence-corrected chi connectivity index (χ2v) is 20.4. The van der Waals surface area contributed by atoms with Gasteiger partial charge in [0.25, 0.3) is 5.91 Å². The number of imidazole rings is 1. The second-order valence-electron chi connectivity index (χ2n) is 12.1. The van der Waals surface area contributed by atoms with Gasteiger partial charge in [0.15, 0.2) is 10.4 Å². The standard InChI is InChI=1S/C28H51BrN4O4SSi/c1-9-11-15-18-30-26(35)24-25(33(27(29)31-24)21-37-19-20-39(6,7)8)23(32-38(36)28(3,4)5)17-14-12-13-16-22(34)10-2/h9,23,32H,1,10-21H2,2-8H3,(H,30,35)/t23-,38+/m0/s1. The molecule has 0 aliphatic heterocycles. The Morgan fingerprint density at radius 2 is 1.90 bits per heavy atom. The summed E-state index contributed by atoms with van der Waals surface area (Å²) < 4.78 is 24.5. The number of hydrogen-bond acceptors (Lipinski definition) is 5. The average molecular weight is 648 g/mol. The van der Waals surface area contributed by atoms with Crippen LogP contribution in [0.4, 0.5) is 0 Å². The fraction of sp³-hybridized carbons (Fsp3) is 0.750. The summed E-state index contributed by atoms with van der Waals surface area (Å²) >= 11 is 3.56. The van der Waals surface area contributed by atoms with Crippen LogP contribution >= 0.6 is 15.9 Å². The quantitative estimate of drug-likeness (QED) is 0.0935. The Balaban J connectivity index is 3.31. The van der Waals surface area contributed by atoms with E-state index in [0.29, 0.717) is 48.5 Å². The molecule has 0 aliphatic carbocycles. The predicted molar refractivity (Wildman–Crippen MR) is 168 cm³/mol.